The summed E-state index contributed by atoms with van der Waals surface area (Å²) in [5.41, 5.74) is 1.75. The summed E-state index contributed by atoms with van der Waals surface area (Å²) in [5, 5.41) is 4.26. The zero-order chi connectivity index (χ0) is 13.1. The summed E-state index contributed by atoms with van der Waals surface area (Å²) in [6.07, 6.45) is 0. The summed E-state index contributed by atoms with van der Waals surface area (Å²) in [5.74, 6) is -0.335. The summed E-state index contributed by atoms with van der Waals surface area (Å²) in [6.45, 7) is 0.521. The zero-order valence-corrected chi connectivity index (χ0v) is 12.3. The number of benzene rings is 2. The fraction of sp³-hybridized carbons (Fsp3) is 0.0769. The third-order valence-corrected chi connectivity index (χ3v) is 3.98. The van der Waals surface area contributed by atoms with Crippen LogP contribution in [0.1, 0.15) is 5.56 Å². The Morgan fingerprint density at radius 1 is 1.06 bits per heavy atom. The molecular weight excluding hydrogens is 340 g/mol. The Hall–Kier alpha value is -0.770. The van der Waals surface area contributed by atoms with Gasteiger partial charge in [0.15, 0.2) is 0 Å². The summed E-state index contributed by atoms with van der Waals surface area (Å²) < 4.78 is 13.7. The highest BCUT2D eigenvalue weighted by molar-refractivity contribution is 9.10. The van der Waals surface area contributed by atoms with Crippen LogP contribution in [0.5, 0.6) is 0 Å². The monoisotopic (exact) mass is 347 g/mol. The van der Waals surface area contributed by atoms with Crippen LogP contribution in [0.15, 0.2) is 40.9 Å². The Kier molecular flexibility index (Phi) is 4.49. The molecule has 0 unspecified atom stereocenters. The maximum Gasteiger partial charge on any atom is 0.124 e. The Labute approximate surface area is 123 Å². The van der Waals surface area contributed by atoms with Gasteiger partial charge in [-0.15, -0.1) is 0 Å². The van der Waals surface area contributed by atoms with Crippen LogP contribution in [0.4, 0.5) is 10.1 Å². The van der Waals surface area contributed by atoms with Crippen molar-refractivity contribution in [1.29, 1.82) is 0 Å². The molecule has 0 atom stereocenters. The first kappa shape index (κ1) is 13.7. The number of anilines is 1. The Balaban J connectivity index is 2.09. The van der Waals surface area contributed by atoms with E-state index in [1.807, 2.05) is 12.1 Å². The minimum Gasteiger partial charge on any atom is -0.381 e. The van der Waals surface area contributed by atoms with E-state index in [1.165, 1.54) is 12.1 Å². The van der Waals surface area contributed by atoms with Crippen molar-refractivity contribution < 1.29 is 4.39 Å². The molecule has 1 N–H and O–H groups in total. The van der Waals surface area contributed by atoms with Crippen molar-refractivity contribution in [2.45, 2.75) is 6.54 Å². The van der Waals surface area contributed by atoms with Gasteiger partial charge in [0.05, 0.1) is 5.02 Å². The summed E-state index contributed by atoms with van der Waals surface area (Å²) in [7, 11) is 0. The molecule has 18 heavy (non-hydrogen) atoms. The van der Waals surface area contributed by atoms with E-state index >= 15 is 0 Å². The van der Waals surface area contributed by atoms with Crippen LogP contribution >= 0.6 is 39.1 Å². The maximum absolute atomic E-state index is 12.9. The van der Waals surface area contributed by atoms with E-state index in [2.05, 4.69) is 21.2 Å². The van der Waals surface area contributed by atoms with Crippen molar-refractivity contribution >= 4 is 44.8 Å². The molecule has 0 saturated carbocycles. The van der Waals surface area contributed by atoms with E-state index in [0.717, 1.165) is 15.7 Å². The fourth-order valence-electron chi connectivity index (χ4n) is 1.47. The molecule has 2 aromatic carbocycles. The minimum absolute atomic E-state index is 0.335. The third kappa shape index (κ3) is 3.37. The molecule has 0 bridgehead atoms. The van der Waals surface area contributed by atoms with Gasteiger partial charge in [-0.1, -0.05) is 29.3 Å². The smallest absolute Gasteiger partial charge is 0.124 e. The van der Waals surface area contributed by atoms with Crippen LogP contribution in [0.3, 0.4) is 0 Å². The molecule has 5 heteroatoms. The van der Waals surface area contributed by atoms with Crippen LogP contribution in [-0.2, 0) is 6.54 Å². The Morgan fingerprint density at radius 2 is 1.83 bits per heavy atom. The molecule has 0 aromatic heterocycles. The van der Waals surface area contributed by atoms with Gasteiger partial charge < -0.3 is 5.32 Å². The molecule has 0 amide bonds. The van der Waals surface area contributed by atoms with E-state index < -0.39 is 0 Å². The number of rotatable bonds is 3. The number of nitrogens with one attached hydrogen (secondary N) is 1. The van der Waals surface area contributed by atoms with Crippen LogP contribution in [0.2, 0.25) is 10.0 Å². The van der Waals surface area contributed by atoms with Crippen molar-refractivity contribution in [1.82, 2.24) is 0 Å². The van der Waals surface area contributed by atoms with Gasteiger partial charge in [-0.05, 0) is 51.8 Å². The quantitative estimate of drug-likeness (QED) is 0.771. The molecule has 2 aromatic rings. The number of halogens is 4. The first-order valence-corrected chi connectivity index (χ1v) is 6.74. The molecule has 0 aliphatic heterocycles. The third-order valence-electron chi connectivity index (χ3n) is 2.42. The SMILES string of the molecule is Fc1ccc(CNc2ccc(Cl)c(Br)c2)c(Cl)c1. The molecule has 2 rings (SSSR count). The molecule has 0 aliphatic carbocycles. The fourth-order valence-corrected chi connectivity index (χ4v) is 2.20. The minimum atomic E-state index is -0.335. The largest absolute Gasteiger partial charge is 0.381 e. The second-order valence-electron chi connectivity index (χ2n) is 3.72. The molecule has 0 radical (unpaired) electrons. The summed E-state index contributed by atoms with van der Waals surface area (Å²) >= 11 is 15.2. The van der Waals surface area contributed by atoms with Gasteiger partial charge in [0, 0.05) is 21.7 Å². The molecule has 1 nitrogen and oxygen atoms in total. The average Bonchev–Trinajstić information content (AvgIpc) is 2.32. The predicted molar refractivity (Wildman–Crippen MR) is 77.9 cm³/mol. The first-order valence-electron chi connectivity index (χ1n) is 5.19. The van der Waals surface area contributed by atoms with Crippen molar-refractivity contribution in [3.63, 3.8) is 0 Å². The van der Waals surface area contributed by atoms with Gasteiger partial charge >= 0.3 is 0 Å². The highest BCUT2D eigenvalue weighted by Gasteiger charge is 2.03. The summed E-state index contributed by atoms with van der Waals surface area (Å²) in [4.78, 5) is 0. The van der Waals surface area contributed by atoms with Crippen molar-refractivity contribution in [3.8, 4) is 0 Å². The maximum atomic E-state index is 12.9. The first-order chi connectivity index (χ1) is 8.56. The predicted octanol–water partition coefficient (Wildman–Crippen LogP) is 5.51. The van der Waals surface area contributed by atoms with Gasteiger partial charge in [0.25, 0.3) is 0 Å². The lowest BCUT2D eigenvalue weighted by Crippen LogP contribution is -2.00. The van der Waals surface area contributed by atoms with E-state index in [0.29, 0.717) is 16.6 Å². The molecule has 0 saturated heterocycles. The van der Waals surface area contributed by atoms with Gasteiger partial charge in [-0.3, -0.25) is 0 Å². The molecule has 0 heterocycles. The Morgan fingerprint density at radius 3 is 2.50 bits per heavy atom. The molecule has 0 fully saturated rings. The zero-order valence-electron chi connectivity index (χ0n) is 9.18. The van der Waals surface area contributed by atoms with Crippen molar-refractivity contribution in [2.24, 2.45) is 0 Å². The van der Waals surface area contributed by atoms with Crippen molar-refractivity contribution in [2.75, 3.05) is 5.32 Å². The highest BCUT2D eigenvalue weighted by atomic mass is 79.9. The topological polar surface area (TPSA) is 12.0 Å². The van der Waals surface area contributed by atoms with E-state index in [1.54, 1.807) is 12.1 Å². The average molecular weight is 349 g/mol. The van der Waals surface area contributed by atoms with Crippen LogP contribution in [0.25, 0.3) is 0 Å². The van der Waals surface area contributed by atoms with Crippen LogP contribution in [0, 0.1) is 5.82 Å². The van der Waals surface area contributed by atoms with Gasteiger partial charge in [-0.2, -0.15) is 0 Å². The van der Waals surface area contributed by atoms with Gasteiger partial charge in [0.2, 0.25) is 0 Å². The second kappa shape index (κ2) is 5.91. The lowest BCUT2D eigenvalue weighted by Gasteiger charge is -2.09. The van der Waals surface area contributed by atoms with Crippen LogP contribution < -0.4 is 5.32 Å². The van der Waals surface area contributed by atoms with E-state index in [4.69, 9.17) is 23.2 Å². The molecule has 0 aliphatic rings. The van der Waals surface area contributed by atoms with E-state index in [9.17, 15) is 4.39 Å². The lowest BCUT2D eigenvalue weighted by molar-refractivity contribution is 0.627. The molecular formula is C13H9BrCl2FN. The van der Waals surface area contributed by atoms with Crippen molar-refractivity contribution in [3.05, 3.63) is 62.3 Å². The van der Waals surface area contributed by atoms with E-state index in [-0.39, 0.29) is 5.82 Å². The lowest BCUT2D eigenvalue weighted by atomic mass is 10.2. The Bertz CT molecular complexity index is 575. The normalized spacial score (nSPS) is 10.4. The molecule has 0 spiro atoms. The molecule has 94 valence electrons. The second-order valence-corrected chi connectivity index (χ2v) is 5.39. The number of hydrogen-bond acceptors (Lipinski definition) is 1. The summed E-state index contributed by atoms with van der Waals surface area (Å²) in [6, 6.07) is 9.89. The highest BCUT2D eigenvalue weighted by Crippen LogP contribution is 2.26. The van der Waals surface area contributed by atoms with Crippen LogP contribution in [-0.4, -0.2) is 0 Å². The number of hydrogen-bond donors (Lipinski definition) is 1. The van der Waals surface area contributed by atoms with Gasteiger partial charge in [0.1, 0.15) is 5.82 Å². The standard InChI is InChI=1S/C13H9BrCl2FN/c14-11-6-10(3-4-12(11)15)18-7-8-1-2-9(17)5-13(8)16/h1-6,18H,7H2. The van der Waals surface area contributed by atoms with Gasteiger partial charge in [-0.25, -0.2) is 4.39 Å².